The lowest BCUT2D eigenvalue weighted by Crippen LogP contribution is -1.93. The van der Waals surface area contributed by atoms with Crippen molar-refractivity contribution in [2.45, 2.75) is 0 Å². The fraction of sp³-hybridized carbons (Fsp3) is 0. The van der Waals surface area contributed by atoms with Crippen LogP contribution in [0.3, 0.4) is 0 Å². The zero-order chi connectivity index (χ0) is 25.5. The molecule has 0 aliphatic heterocycles. The molecule has 0 saturated carbocycles. The molecule has 0 amide bonds. The number of thiazole rings is 1. The van der Waals surface area contributed by atoms with Crippen LogP contribution in [0, 0.1) is 0 Å². The van der Waals surface area contributed by atoms with E-state index in [1.807, 2.05) is 12.1 Å². The van der Waals surface area contributed by atoms with Crippen molar-refractivity contribution in [2.75, 3.05) is 0 Å². The van der Waals surface area contributed by atoms with Crippen molar-refractivity contribution in [1.82, 2.24) is 9.55 Å². The van der Waals surface area contributed by atoms with Crippen molar-refractivity contribution < 1.29 is 4.42 Å². The van der Waals surface area contributed by atoms with Gasteiger partial charge in [-0.3, -0.25) is 0 Å². The van der Waals surface area contributed by atoms with Gasteiger partial charge >= 0.3 is 0 Å². The molecule has 0 aliphatic rings. The molecule has 6 aromatic carbocycles. The second-order valence-electron chi connectivity index (χ2n) is 10.0. The number of rotatable bonds is 2. The molecule has 4 heteroatoms. The van der Waals surface area contributed by atoms with E-state index in [0.29, 0.717) is 0 Å². The number of nitrogens with zero attached hydrogens (tertiary/aromatic N) is 2. The number of benzene rings is 6. The molecule has 0 aliphatic carbocycles. The summed E-state index contributed by atoms with van der Waals surface area (Å²) in [6.45, 7) is 0. The molecule has 182 valence electrons. The summed E-state index contributed by atoms with van der Waals surface area (Å²) < 4.78 is 9.64. The van der Waals surface area contributed by atoms with Gasteiger partial charge in [0.25, 0.3) is 0 Å². The predicted octanol–water partition coefficient (Wildman–Crippen LogP) is 10.1. The molecule has 0 bridgehead atoms. The minimum atomic E-state index is 0.884. The molecule has 0 saturated heterocycles. The first-order valence-corrected chi connectivity index (χ1v) is 13.9. The third-order valence-corrected chi connectivity index (χ3v) is 8.88. The van der Waals surface area contributed by atoms with Crippen LogP contribution in [0.4, 0.5) is 0 Å². The predicted molar refractivity (Wildman–Crippen MR) is 164 cm³/mol. The van der Waals surface area contributed by atoms with Crippen molar-refractivity contribution in [1.29, 1.82) is 0 Å². The van der Waals surface area contributed by atoms with Crippen LogP contribution < -0.4 is 0 Å². The molecule has 9 aromatic rings. The van der Waals surface area contributed by atoms with Gasteiger partial charge in [-0.1, -0.05) is 60.7 Å². The van der Waals surface area contributed by atoms with Crippen molar-refractivity contribution in [3.63, 3.8) is 0 Å². The van der Waals surface area contributed by atoms with Gasteiger partial charge in [0.2, 0.25) is 0 Å². The van der Waals surface area contributed by atoms with Crippen LogP contribution in [0.25, 0.3) is 81.0 Å². The van der Waals surface area contributed by atoms with Crippen LogP contribution in [0.2, 0.25) is 0 Å². The van der Waals surface area contributed by atoms with Crippen molar-refractivity contribution in [3.8, 4) is 16.3 Å². The Morgan fingerprint density at radius 1 is 0.590 bits per heavy atom. The molecule has 0 radical (unpaired) electrons. The number of aromatic nitrogens is 2. The molecule has 0 unspecified atom stereocenters. The maximum atomic E-state index is 6.09. The SMILES string of the molecule is c1ccc2cc3c(cc2c1)c1ccccc1n3-c1ccc(-c2nc3c(ccc4oc5ccccc5c43)s2)cc1. The molecule has 0 spiro atoms. The zero-order valence-electron chi connectivity index (χ0n) is 20.8. The molecule has 9 rings (SSSR count). The molecular formula is C35H20N2OS. The highest BCUT2D eigenvalue weighted by Crippen LogP contribution is 2.40. The van der Waals surface area contributed by atoms with Crippen molar-refractivity contribution in [3.05, 3.63) is 121 Å². The Labute approximate surface area is 227 Å². The van der Waals surface area contributed by atoms with E-state index < -0.39 is 0 Å². The van der Waals surface area contributed by atoms with Crippen LogP contribution in [0.5, 0.6) is 0 Å². The minimum absolute atomic E-state index is 0.884. The maximum Gasteiger partial charge on any atom is 0.137 e. The highest BCUT2D eigenvalue weighted by atomic mass is 32.1. The van der Waals surface area contributed by atoms with Gasteiger partial charge in [0.1, 0.15) is 16.2 Å². The largest absolute Gasteiger partial charge is 0.456 e. The van der Waals surface area contributed by atoms with E-state index in [2.05, 4.69) is 114 Å². The van der Waals surface area contributed by atoms with Crippen molar-refractivity contribution in [2.24, 2.45) is 0 Å². The Bertz CT molecular complexity index is 2390. The molecule has 0 fully saturated rings. The Balaban J connectivity index is 1.22. The molecular weight excluding hydrogens is 496 g/mol. The van der Waals surface area contributed by atoms with Gasteiger partial charge in [-0.05, 0) is 71.4 Å². The summed E-state index contributed by atoms with van der Waals surface area (Å²) >= 11 is 1.73. The van der Waals surface area contributed by atoms with Gasteiger partial charge in [0, 0.05) is 27.4 Å². The second-order valence-corrected chi connectivity index (χ2v) is 11.0. The van der Waals surface area contributed by atoms with Gasteiger partial charge < -0.3 is 8.98 Å². The Hall–Kier alpha value is -4.93. The summed E-state index contributed by atoms with van der Waals surface area (Å²) in [6.07, 6.45) is 0. The van der Waals surface area contributed by atoms with Gasteiger partial charge in [0.15, 0.2) is 0 Å². The first kappa shape index (κ1) is 21.1. The lowest BCUT2D eigenvalue weighted by molar-refractivity contribution is 0.669. The highest BCUT2D eigenvalue weighted by Gasteiger charge is 2.16. The number of furan rings is 1. The third-order valence-electron chi connectivity index (χ3n) is 7.81. The fourth-order valence-corrected chi connectivity index (χ4v) is 6.99. The van der Waals surface area contributed by atoms with Crippen LogP contribution in [-0.2, 0) is 0 Å². The standard InChI is InChI=1S/C35H20N2OS/c1-2-8-23-20-29-27(19-22(23)7-1)25-9-3-5-11-28(25)37(29)24-15-13-21(14-16-24)35-36-34-32(39-35)18-17-31-33(34)26-10-4-6-12-30(26)38-31/h1-20H. The number of fused-ring (bicyclic) bond motifs is 9. The first-order valence-electron chi connectivity index (χ1n) is 13.1. The lowest BCUT2D eigenvalue weighted by Gasteiger charge is -2.09. The molecule has 39 heavy (non-hydrogen) atoms. The zero-order valence-corrected chi connectivity index (χ0v) is 21.6. The molecule has 3 nitrogen and oxygen atoms in total. The van der Waals surface area contributed by atoms with E-state index in [4.69, 9.17) is 9.40 Å². The summed E-state index contributed by atoms with van der Waals surface area (Å²) in [4.78, 5) is 5.11. The van der Waals surface area contributed by atoms with Crippen LogP contribution in [-0.4, -0.2) is 9.55 Å². The summed E-state index contributed by atoms with van der Waals surface area (Å²) in [6, 6.07) is 43.1. The van der Waals surface area contributed by atoms with E-state index in [0.717, 1.165) is 43.7 Å². The number of hydrogen-bond acceptors (Lipinski definition) is 3. The monoisotopic (exact) mass is 516 g/mol. The normalized spacial score (nSPS) is 12.1. The Morgan fingerprint density at radius 2 is 1.33 bits per heavy atom. The highest BCUT2D eigenvalue weighted by molar-refractivity contribution is 7.21. The Kier molecular flexibility index (Phi) is 4.21. The van der Waals surface area contributed by atoms with E-state index in [1.165, 1.54) is 37.3 Å². The van der Waals surface area contributed by atoms with E-state index >= 15 is 0 Å². The smallest absolute Gasteiger partial charge is 0.137 e. The molecule has 0 atom stereocenters. The minimum Gasteiger partial charge on any atom is -0.456 e. The van der Waals surface area contributed by atoms with Crippen molar-refractivity contribution >= 4 is 76.1 Å². The van der Waals surface area contributed by atoms with Gasteiger partial charge in [-0.15, -0.1) is 11.3 Å². The van der Waals surface area contributed by atoms with E-state index in [9.17, 15) is 0 Å². The van der Waals surface area contributed by atoms with Crippen LogP contribution in [0.15, 0.2) is 126 Å². The summed E-state index contributed by atoms with van der Waals surface area (Å²) in [5.74, 6) is 0. The summed E-state index contributed by atoms with van der Waals surface area (Å²) in [5.41, 5.74) is 7.49. The maximum absolute atomic E-state index is 6.09. The van der Waals surface area contributed by atoms with Crippen LogP contribution >= 0.6 is 11.3 Å². The van der Waals surface area contributed by atoms with E-state index in [-0.39, 0.29) is 0 Å². The number of para-hydroxylation sites is 2. The molecule has 3 heterocycles. The van der Waals surface area contributed by atoms with Gasteiger partial charge in [0.05, 0.1) is 26.6 Å². The Morgan fingerprint density at radius 3 is 2.21 bits per heavy atom. The fourth-order valence-electron chi connectivity index (χ4n) is 6.01. The topological polar surface area (TPSA) is 31.0 Å². The summed E-state index contributed by atoms with van der Waals surface area (Å²) in [5, 5.41) is 8.28. The van der Waals surface area contributed by atoms with Gasteiger partial charge in [-0.25, -0.2) is 4.98 Å². The molecule has 0 N–H and O–H groups in total. The number of hydrogen-bond donors (Lipinski definition) is 0. The van der Waals surface area contributed by atoms with Crippen LogP contribution in [0.1, 0.15) is 0 Å². The first-order chi connectivity index (χ1) is 19.3. The average molecular weight is 517 g/mol. The average Bonchev–Trinajstić information content (AvgIpc) is 3.67. The van der Waals surface area contributed by atoms with E-state index in [1.54, 1.807) is 11.3 Å². The lowest BCUT2D eigenvalue weighted by atomic mass is 10.1. The molecule has 3 aromatic heterocycles. The quantitative estimate of drug-likeness (QED) is 0.229. The second kappa shape index (κ2) is 7.79. The third kappa shape index (κ3) is 3.01. The van der Waals surface area contributed by atoms with Gasteiger partial charge in [-0.2, -0.15) is 0 Å². The summed E-state index contributed by atoms with van der Waals surface area (Å²) in [7, 11) is 0.